The zero-order valence-corrected chi connectivity index (χ0v) is 11.3. The van der Waals surface area contributed by atoms with Crippen molar-refractivity contribution in [1.82, 2.24) is 9.97 Å². The number of anilines is 1. The lowest BCUT2D eigenvalue weighted by molar-refractivity contribution is -0.120. The van der Waals surface area contributed by atoms with Gasteiger partial charge in [-0.05, 0) is 35.4 Å². The molecular formula is C11H14IN3O. The van der Waals surface area contributed by atoms with Crippen LogP contribution in [-0.2, 0) is 4.79 Å². The summed E-state index contributed by atoms with van der Waals surface area (Å²) in [6.07, 6.45) is 6.67. The third-order valence-electron chi connectivity index (χ3n) is 3.04. The second-order valence-corrected chi connectivity index (χ2v) is 5.24. The minimum atomic E-state index is 0.391. The highest BCUT2D eigenvalue weighted by atomic mass is 127. The largest absolute Gasteiger partial charge is 0.356 e. The quantitative estimate of drug-likeness (QED) is 0.778. The Morgan fingerprint density at radius 3 is 2.75 bits per heavy atom. The molecule has 0 N–H and O–H groups in total. The fourth-order valence-corrected chi connectivity index (χ4v) is 2.73. The zero-order valence-electron chi connectivity index (χ0n) is 9.19. The standard InChI is InChI=1S/C11H14IN3O/c1-15(8-2-4-9(16)5-3-8)11-10(12)6-13-7-14-11/h6-8H,2-5H2,1H3. The van der Waals surface area contributed by atoms with Gasteiger partial charge >= 0.3 is 0 Å². The van der Waals surface area contributed by atoms with E-state index in [1.165, 1.54) is 0 Å². The molecule has 0 unspecified atom stereocenters. The Bertz CT molecular complexity index is 387. The van der Waals surface area contributed by atoms with Crippen LogP contribution in [0.2, 0.25) is 0 Å². The minimum absolute atomic E-state index is 0.391. The third kappa shape index (κ3) is 2.50. The summed E-state index contributed by atoms with van der Waals surface area (Å²) in [7, 11) is 2.05. The Morgan fingerprint density at radius 2 is 2.12 bits per heavy atom. The molecule has 86 valence electrons. The van der Waals surface area contributed by atoms with Crippen LogP contribution in [0, 0.1) is 3.57 Å². The molecule has 0 radical (unpaired) electrons. The summed E-state index contributed by atoms with van der Waals surface area (Å²) >= 11 is 2.24. The molecule has 0 spiro atoms. The molecule has 1 saturated carbocycles. The van der Waals surface area contributed by atoms with Crippen molar-refractivity contribution in [2.24, 2.45) is 0 Å². The van der Waals surface area contributed by atoms with Gasteiger partial charge in [-0.3, -0.25) is 4.79 Å². The molecule has 1 aromatic heterocycles. The van der Waals surface area contributed by atoms with Crippen LogP contribution in [0.5, 0.6) is 0 Å². The van der Waals surface area contributed by atoms with Crippen molar-refractivity contribution in [3.63, 3.8) is 0 Å². The first-order valence-electron chi connectivity index (χ1n) is 5.38. The topological polar surface area (TPSA) is 46.1 Å². The van der Waals surface area contributed by atoms with E-state index in [-0.39, 0.29) is 0 Å². The molecule has 4 nitrogen and oxygen atoms in total. The number of rotatable bonds is 2. The number of halogens is 1. The van der Waals surface area contributed by atoms with Crippen LogP contribution in [0.1, 0.15) is 25.7 Å². The molecule has 0 aliphatic heterocycles. The number of carbonyl (C=O) groups excluding carboxylic acids is 1. The van der Waals surface area contributed by atoms with Gasteiger partial charge in [-0.1, -0.05) is 0 Å². The molecule has 1 fully saturated rings. The molecule has 1 aliphatic carbocycles. The van der Waals surface area contributed by atoms with Gasteiger partial charge in [-0.2, -0.15) is 0 Å². The molecule has 1 aliphatic rings. The van der Waals surface area contributed by atoms with Gasteiger partial charge in [0, 0.05) is 32.1 Å². The fourth-order valence-electron chi connectivity index (χ4n) is 2.05. The molecule has 16 heavy (non-hydrogen) atoms. The van der Waals surface area contributed by atoms with Crippen LogP contribution < -0.4 is 4.90 Å². The number of Topliss-reactive ketones (excluding diaryl/α,β-unsaturated/α-hetero) is 1. The van der Waals surface area contributed by atoms with Gasteiger partial charge in [0.1, 0.15) is 17.9 Å². The molecule has 2 rings (SSSR count). The third-order valence-corrected chi connectivity index (χ3v) is 3.80. The van der Waals surface area contributed by atoms with Crippen molar-refractivity contribution in [3.05, 3.63) is 16.1 Å². The van der Waals surface area contributed by atoms with Gasteiger partial charge in [0.2, 0.25) is 0 Å². The summed E-state index contributed by atoms with van der Waals surface area (Å²) < 4.78 is 1.06. The number of hydrogen-bond donors (Lipinski definition) is 0. The lowest BCUT2D eigenvalue weighted by atomic mass is 9.93. The molecule has 0 saturated heterocycles. The van der Waals surface area contributed by atoms with Crippen LogP contribution in [-0.4, -0.2) is 28.8 Å². The van der Waals surface area contributed by atoms with Crippen molar-refractivity contribution in [2.45, 2.75) is 31.7 Å². The Labute approximate surface area is 109 Å². The van der Waals surface area contributed by atoms with E-state index in [0.717, 1.165) is 22.2 Å². The number of aromatic nitrogens is 2. The highest BCUT2D eigenvalue weighted by Gasteiger charge is 2.23. The van der Waals surface area contributed by atoms with Crippen molar-refractivity contribution in [3.8, 4) is 0 Å². The van der Waals surface area contributed by atoms with Gasteiger partial charge in [0.05, 0.1) is 3.57 Å². The van der Waals surface area contributed by atoms with E-state index in [4.69, 9.17) is 0 Å². The Morgan fingerprint density at radius 1 is 1.44 bits per heavy atom. The summed E-state index contributed by atoms with van der Waals surface area (Å²) in [5.74, 6) is 1.36. The van der Waals surface area contributed by atoms with E-state index in [0.29, 0.717) is 24.7 Å². The van der Waals surface area contributed by atoms with Crippen molar-refractivity contribution >= 4 is 34.2 Å². The fraction of sp³-hybridized carbons (Fsp3) is 0.545. The summed E-state index contributed by atoms with van der Waals surface area (Å²) in [5.41, 5.74) is 0. The average Bonchev–Trinajstić information content (AvgIpc) is 2.30. The van der Waals surface area contributed by atoms with Crippen molar-refractivity contribution < 1.29 is 4.79 Å². The van der Waals surface area contributed by atoms with Crippen LogP contribution in [0.3, 0.4) is 0 Å². The van der Waals surface area contributed by atoms with Crippen LogP contribution in [0.25, 0.3) is 0 Å². The van der Waals surface area contributed by atoms with E-state index in [1.807, 2.05) is 13.2 Å². The number of hydrogen-bond acceptors (Lipinski definition) is 4. The summed E-state index contributed by atoms with van der Waals surface area (Å²) in [4.78, 5) is 21.6. The number of carbonyl (C=O) groups is 1. The van der Waals surface area contributed by atoms with Gasteiger partial charge in [0.15, 0.2) is 0 Å². The Hall–Kier alpha value is -0.720. The molecule has 0 amide bonds. The highest BCUT2D eigenvalue weighted by molar-refractivity contribution is 14.1. The smallest absolute Gasteiger partial charge is 0.145 e. The summed E-state index contributed by atoms with van der Waals surface area (Å²) in [5, 5.41) is 0. The lowest BCUT2D eigenvalue weighted by Gasteiger charge is -2.31. The minimum Gasteiger partial charge on any atom is -0.356 e. The van der Waals surface area contributed by atoms with Crippen molar-refractivity contribution in [2.75, 3.05) is 11.9 Å². The van der Waals surface area contributed by atoms with Gasteiger partial charge in [-0.25, -0.2) is 9.97 Å². The highest BCUT2D eigenvalue weighted by Crippen LogP contribution is 2.25. The van der Waals surface area contributed by atoms with E-state index >= 15 is 0 Å². The van der Waals surface area contributed by atoms with Gasteiger partial charge < -0.3 is 4.90 Å². The second kappa shape index (κ2) is 5.07. The maximum Gasteiger partial charge on any atom is 0.145 e. The number of nitrogens with zero attached hydrogens (tertiary/aromatic N) is 3. The van der Waals surface area contributed by atoms with E-state index < -0.39 is 0 Å². The first-order valence-corrected chi connectivity index (χ1v) is 6.46. The lowest BCUT2D eigenvalue weighted by Crippen LogP contribution is -2.36. The molecule has 1 aromatic rings. The SMILES string of the molecule is CN(c1ncncc1I)C1CCC(=O)CC1. The molecular weight excluding hydrogens is 317 g/mol. The maximum atomic E-state index is 11.2. The van der Waals surface area contributed by atoms with E-state index in [1.54, 1.807) is 6.33 Å². The first-order chi connectivity index (χ1) is 7.68. The Kier molecular flexibility index (Phi) is 3.73. The van der Waals surface area contributed by atoms with Crippen molar-refractivity contribution in [1.29, 1.82) is 0 Å². The molecule has 0 aromatic carbocycles. The average molecular weight is 331 g/mol. The van der Waals surface area contributed by atoms with Crippen LogP contribution in [0.15, 0.2) is 12.5 Å². The molecule has 1 heterocycles. The monoisotopic (exact) mass is 331 g/mol. The predicted octanol–water partition coefficient (Wildman–Crippen LogP) is 2.03. The van der Waals surface area contributed by atoms with Gasteiger partial charge in [-0.15, -0.1) is 0 Å². The van der Waals surface area contributed by atoms with E-state index in [9.17, 15) is 4.79 Å². The first kappa shape index (κ1) is 11.8. The summed E-state index contributed by atoms with van der Waals surface area (Å²) in [6, 6.07) is 0.432. The van der Waals surface area contributed by atoms with E-state index in [2.05, 4.69) is 37.5 Å². The normalized spacial score (nSPS) is 17.5. The summed E-state index contributed by atoms with van der Waals surface area (Å²) in [6.45, 7) is 0. The maximum absolute atomic E-state index is 11.2. The molecule has 0 bridgehead atoms. The van der Waals surface area contributed by atoms with Crippen LogP contribution >= 0.6 is 22.6 Å². The van der Waals surface area contributed by atoms with Gasteiger partial charge in [0.25, 0.3) is 0 Å². The predicted molar refractivity (Wildman–Crippen MR) is 70.4 cm³/mol. The van der Waals surface area contributed by atoms with Crippen LogP contribution in [0.4, 0.5) is 5.82 Å². The second-order valence-electron chi connectivity index (χ2n) is 4.08. The number of ketones is 1. The Balaban J connectivity index is 2.10. The zero-order chi connectivity index (χ0) is 11.5. The molecule has 5 heteroatoms. The molecule has 0 atom stereocenters.